The largest absolute Gasteiger partial charge is 0.391 e. The maximum Gasteiger partial charge on any atom is 0.160 e. The predicted octanol–water partition coefficient (Wildman–Crippen LogP) is 0.144. The van der Waals surface area contributed by atoms with Gasteiger partial charge in [-0.25, -0.2) is 0 Å². The zero-order valence-electron chi connectivity index (χ0n) is 7.69. The van der Waals surface area contributed by atoms with E-state index in [0.29, 0.717) is 6.42 Å². The molecule has 1 fully saturated rings. The fraction of sp³-hybridized carbons (Fsp3) is 1.00. The normalized spacial score (nSPS) is 38.5. The van der Waals surface area contributed by atoms with Crippen LogP contribution in [0, 0.1) is 0 Å². The summed E-state index contributed by atoms with van der Waals surface area (Å²) in [5, 5.41) is 9.31. The average Bonchev–Trinajstić information content (AvgIpc) is 2.47. The summed E-state index contributed by atoms with van der Waals surface area (Å²) < 4.78 is 15.5. The zero-order chi connectivity index (χ0) is 9.14. The van der Waals surface area contributed by atoms with Crippen LogP contribution in [0.2, 0.25) is 0 Å². The van der Waals surface area contributed by atoms with Crippen LogP contribution in [0.5, 0.6) is 0 Å². The van der Waals surface area contributed by atoms with Crippen molar-refractivity contribution in [2.24, 2.45) is 0 Å². The number of hydrogen-bond acceptors (Lipinski definition) is 4. The van der Waals surface area contributed by atoms with Gasteiger partial charge in [-0.05, 0) is 6.92 Å². The second-order valence-corrected chi connectivity index (χ2v) is 3.02. The number of aliphatic hydroxyl groups excluding tert-OH is 1. The molecule has 4 atom stereocenters. The summed E-state index contributed by atoms with van der Waals surface area (Å²) in [6.07, 6.45) is -0.401. The molecule has 1 N–H and O–H groups in total. The van der Waals surface area contributed by atoms with Crippen molar-refractivity contribution in [1.29, 1.82) is 0 Å². The maximum absolute atomic E-state index is 9.31. The Kier molecular flexibility index (Phi) is 3.46. The maximum atomic E-state index is 9.31. The van der Waals surface area contributed by atoms with Crippen LogP contribution >= 0.6 is 0 Å². The Morgan fingerprint density at radius 1 is 1.42 bits per heavy atom. The highest BCUT2D eigenvalue weighted by molar-refractivity contribution is 4.82. The van der Waals surface area contributed by atoms with E-state index in [9.17, 15) is 5.11 Å². The molecule has 0 unspecified atom stereocenters. The fourth-order valence-electron chi connectivity index (χ4n) is 1.45. The molecule has 1 rings (SSSR count). The lowest BCUT2D eigenvalue weighted by Crippen LogP contribution is -2.33. The van der Waals surface area contributed by atoms with Gasteiger partial charge in [0.25, 0.3) is 0 Å². The van der Waals surface area contributed by atoms with Gasteiger partial charge >= 0.3 is 0 Å². The molecule has 0 aliphatic carbocycles. The highest BCUT2D eigenvalue weighted by atomic mass is 16.7. The molecule has 0 aromatic carbocycles. The number of methoxy groups -OCH3 is 2. The van der Waals surface area contributed by atoms with Crippen LogP contribution < -0.4 is 0 Å². The van der Waals surface area contributed by atoms with Crippen LogP contribution in [0.25, 0.3) is 0 Å². The summed E-state index contributed by atoms with van der Waals surface area (Å²) in [5.41, 5.74) is 0. The van der Waals surface area contributed by atoms with Crippen molar-refractivity contribution in [2.75, 3.05) is 14.2 Å². The van der Waals surface area contributed by atoms with Gasteiger partial charge in [-0.2, -0.15) is 0 Å². The SMILES string of the molecule is CO[C@@H]1C[C@H](OC)[C@@H]([C@H](C)O)O1. The number of aliphatic hydroxyl groups is 1. The van der Waals surface area contributed by atoms with Gasteiger partial charge in [0.1, 0.15) is 6.10 Å². The van der Waals surface area contributed by atoms with Crippen molar-refractivity contribution in [3.63, 3.8) is 0 Å². The third-order valence-corrected chi connectivity index (χ3v) is 2.14. The van der Waals surface area contributed by atoms with Gasteiger partial charge in [-0.1, -0.05) is 0 Å². The Balaban J connectivity index is 2.50. The van der Waals surface area contributed by atoms with Crippen LogP contribution in [0.3, 0.4) is 0 Å². The molecule has 12 heavy (non-hydrogen) atoms. The van der Waals surface area contributed by atoms with E-state index in [-0.39, 0.29) is 18.5 Å². The molecule has 0 spiro atoms. The third-order valence-electron chi connectivity index (χ3n) is 2.14. The summed E-state index contributed by atoms with van der Waals surface area (Å²) in [6.45, 7) is 1.69. The van der Waals surface area contributed by atoms with E-state index in [1.165, 1.54) is 0 Å². The monoisotopic (exact) mass is 176 g/mol. The first-order chi connectivity index (χ1) is 5.69. The molecule has 0 amide bonds. The Morgan fingerprint density at radius 3 is 2.42 bits per heavy atom. The van der Waals surface area contributed by atoms with E-state index < -0.39 is 6.10 Å². The first kappa shape index (κ1) is 9.92. The Morgan fingerprint density at radius 2 is 2.08 bits per heavy atom. The lowest BCUT2D eigenvalue weighted by Gasteiger charge is -2.19. The van der Waals surface area contributed by atoms with E-state index >= 15 is 0 Å². The van der Waals surface area contributed by atoms with E-state index in [2.05, 4.69) is 0 Å². The van der Waals surface area contributed by atoms with Crippen LogP contribution in [0.1, 0.15) is 13.3 Å². The van der Waals surface area contributed by atoms with E-state index in [4.69, 9.17) is 14.2 Å². The van der Waals surface area contributed by atoms with Gasteiger partial charge in [0.2, 0.25) is 0 Å². The van der Waals surface area contributed by atoms with Gasteiger partial charge in [0.05, 0.1) is 12.2 Å². The standard InChI is InChI=1S/C8H16O4/c1-5(9)8-6(10-2)4-7(11-3)12-8/h5-9H,4H2,1-3H3/t5-,6-,7-,8+/m0/s1. The Labute approximate surface area is 72.4 Å². The van der Waals surface area contributed by atoms with Gasteiger partial charge in [-0.3, -0.25) is 0 Å². The molecule has 1 aliphatic rings. The van der Waals surface area contributed by atoms with Gasteiger partial charge in [0, 0.05) is 20.6 Å². The second-order valence-electron chi connectivity index (χ2n) is 3.02. The molecule has 0 radical (unpaired) electrons. The predicted molar refractivity (Wildman–Crippen MR) is 42.8 cm³/mol. The first-order valence-electron chi connectivity index (χ1n) is 4.08. The molecule has 0 aromatic rings. The third kappa shape index (κ3) is 1.95. The van der Waals surface area contributed by atoms with Crippen molar-refractivity contribution in [1.82, 2.24) is 0 Å². The summed E-state index contributed by atoms with van der Waals surface area (Å²) in [7, 11) is 3.20. The molecule has 1 heterocycles. The van der Waals surface area contributed by atoms with Crippen LogP contribution in [0.15, 0.2) is 0 Å². The average molecular weight is 176 g/mol. The minimum Gasteiger partial charge on any atom is -0.391 e. The summed E-state index contributed by atoms with van der Waals surface area (Å²) in [4.78, 5) is 0. The summed E-state index contributed by atoms with van der Waals surface area (Å²) in [5.74, 6) is 0. The van der Waals surface area contributed by atoms with Crippen LogP contribution in [-0.4, -0.2) is 43.9 Å². The Bertz CT molecular complexity index is 137. The first-order valence-corrected chi connectivity index (χ1v) is 4.08. The quantitative estimate of drug-likeness (QED) is 0.664. The highest BCUT2D eigenvalue weighted by Crippen LogP contribution is 2.25. The summed E-state index contributed by atoms with van der Waals surface area (Å²) in [6, 6.07) is 0. The molecular weight excluding hydrogens is 160 g/mol. The highest BCUT2D eigenvalue weighted by Gasteiger charge is 2.38. The topological polar surface area (TPSA) is 47.9 Å². The summed E-state index contributed by atoms with van der Waals surface area (Å²) >= 11 is 0. The van der Waals surface area contributed by atoms with E-state index in [1.807, 2.05) is 0 Å². The molecule has 0 bridgehead atoms. The lowest BCUT2D eigenvalue weighted by molar-refractivity contribution is -0.143. The fourth-order valence-corrected chi connectivity index (χ4v) is 1.45. The van der Waals surface area contributed by atoms with Crippen molar-refractivity contribution in [3.8, 4) is 0 Å². The number of ether oxygens (including phenoxy) is 3. The van der Waals surface area contributed by atoms with Gasteiger partial charge in [-0.15, -0.1) is 0 Å². The van der Waals surface area contributed by atoms with Crippen LogP contribution in [0.4, 0.5) is 0 Å². The molecular formula is C8H16O4. The van der Waals surface area contributed by atoms with Gasteiger partial charge in [0.15, 0.2) is 6.29 Å². The number of hydrogen-bond donors (Lipinski definition) is 1. The minimum absolute atomic E-state index is 0.0602. The molecule has 0 aromatic heterocycles. The van der Waals surface area contributed by atoms with Crippen molar-refractivity contribution in [2.45, 2.75) is 37.9 Å². The molecule has 1 saturated heterocycles. The molecule has 4 heteroatoms. The second kappa shape index (κ2) is 4.18. The lowest BCUT2D eigenvalue weighted by atomic mass is 10.1. The van der Waals surface area contributed by atoms with E-state index in [0.717, 1.165) is 0 Å². The van der Waals surface area contributed by atoms with Crippen molar-refractivity contribution in [3.05, 3.63) is 0 Å². The van der Waals surface area contributed by atoms with Crippen molar-refractivity contribution >= 4 is 0 Å². The van der Waals surface area contributed by atoms with Crippen molar-refractivity contribution < 1.29 is 19.3 Å². The molecule has 72 valence electrons. The zero-order valence-corrected chi connectivity index (χ0v) is 7.69. The molecule has 1 aliphatic heterocycles. The Hall–Kier alpha value is -0.160. The van der Waals surface area contributed by atoms with Crippen LogP contribution in [-0.2, 0) is 14.2 Å². The molecule has 0 saturated carbocycles. The van der Waals surface area contributed by atoms with Gasteiger partial charge < -0.3 is 19.3 Å². The molecule has 4 nitrogen and oxygen atoms in total. The minimum atomic E-state index is -0.518. The number of rotatable bonds is 3. The van der Waals surface area contributed by atoms with E-state index in [1.54, 1.807) is 21.1 Å². The smallest absolute Gasteiger partial charge is 0.160 e.